The Morgan fingerprint density at radius 2 is 0.944 bits per heavy atom. The van der Waals surface area contributed by atoms with Gasteiger partial charge in [-0.05, 0) is 13.8 Å². The average Bonchev–Trinajstić information content (AvgIpc) is 2.41. The number of carbonyl (C=O) groups excluding carboxylic acids is 2. The summed E-state index contributed by atoms with van der Waals surface area (Å²) in [7, 11) is 0. The van der Waals surface area contributed by atoms with Gasteiger partial charge in [-0.15, -0.1) is 0 Å². The SMILES string of the molecule is CC1=C(C)C(=O)C(C#N)(C#N)C(C#N)(C#N)C1=O. The monoisotopic (exact) mass is 238 g/mol. The van der Waals surface area contributed by atoms with Crippen LogP contribution in [-0.4, -0.2) is 11.6 Å². The summed E-state index contributed by atoms with van der Waals surface area (Å²) in [6.07, 6.45) is 0. The van der Waals surface area contributed by atoms with E-state index in [2.05, 4.69) is 0 Å². The van der Waals surface area contributed by atoms with Crippen molar-refractivity contribution in [2.45, 2.75) is 13.8 Å². The Morgan fingerprint density at radius 3 is 1.11 bits per heavy atom. The molecule has 1 aliphatic rings. The molecule has 0 atom stereocenters. The van der Waals surface area contributed by atoms with Crippen molar-refractivity contribution >= 4 is 11.6 Å². The van der Waals surface area contributed by atoms with E-state index >= 15 is 0 Å². The van der Waals surface area contributed by atoms with Crippen molar-refractivity contribution in [1.82, 2.24) is 0 Å². The van der Waals surface area contributed by atoms with Crippen LogP contribution in [0.1, 0.15) is 13.8 Å². The number of nitrogens with zero attached hydrogens (tertiary/aromatic N) is 4. The molecular formula is C12H6N4O2. The highest BCUT2D eigenvalue weighted by atomic mass is 16.1. The molecule has 0 unspecified atom stereocenters. The molecular weight excluding hydrogens is 232 g/mol. The van der Waals surface area contributed by atoms with Crippen LogP contribution in [0.25, 0.3) is 0 Å². The van der Waals surface area contributed by atoms with E-state index in [4.69, 9.17) is 21.0 Å². The molecule has 0 bridgehead atoms. The third-order valence-corrected chi connectivity index (χ3v) is 3.16. The molecule has 1 rings (SSSR count). The lowest BCUT2D eigenvalue weighted by Gasteiger charge is -2.33. The van der Waals surface area contributed by atoms with E-state index in [-0.39, 0.29) is 11.1 Å². The summed E-state index contributed by atoms with van der Waals surface area (Å²) in [5, 5.41) is 36.2. The molecule has 6 heteroatoms. The predicted molar refractivity (Wildman–Crippen MR) is 55.7 cm³/mol. The second-order valence-electron chi connectivity index (χ2n) is 3.86. The van der Waals surface area contributed by atoms with Crippen molar-refractivity contribution in [1.29, 1.82) is 21.0 Å². The van der Waals surface area contributed by atoms with Crippen LogP contribution in [0.5, 0.6) is 0 Å². The second kappa shape index (κ2) is 3.81. The molecule has 0 fully saturated rings. The molecule has 0 N–H and O–H groups in total. The Bertz CT molecular complexity index is 572. The van der Waals surface area contributed by atoms with Crippen LogP contribution in [-0.2, 0) is 9.59 Å². The number of hydrogen-bond acceptors (Lipinski definition) is 6. The second-order valence-corrected chi connectivity index (χ2v) is 3.86. The Labute approximate surface area is 103 Å². The fourth-order valence-electron chi connectivity index (χ4n) is 1.83. The third kappa shape index (κ3) is 1.07. The lowest BCUT2D eigenvalue weighted by atomic mass is 9.56. The Morgan fingerprint density at radius 1 is 0.722 bits per heavy atom. The molecule has 0 amide bonds. The summed E-state index contributed by atoms with van der Waals surface area (Å²) in [5.74, 6) is -1.93. The largest absolute Gasteiger partial charge is 0.291 e. The minimum Gasteiger partial charge on any atom is -0.291 e. The summed E-state index contributed by atoms with van der Waals surface area (Å²) in [6, 6.07) is 5.52. The van der Waals surface area contributed by atoms with E-state index in [1.165, 1.54) is 38.1 Å². The smallest absolute Gasteiger partial charge is 0.244 e. The Kier molecular flexibility index (Phi) is 2.77. The molecule has 18 heavy (non-hydrogen) atoms. The van der Waals surface area contributed by atoms with Gasteiger partial charge in [0, 0.05) is 11.1 Å². The molecule has 0 radical (unpaired) electrons. The molecule has 0 spiro atoms. The van der Waals surface area contributed by atoms with Gasteiger partial charge in [0.15, 0.2) is 11.6 Å². The van der Waals surface area contributed by atoms with Gasteiger partial charge in [-0.3, -0.25) is 9.59 Å². The maximum atomic E-state index is 12.0. The predicted octanol–water partition coefficient (Wildman–Crippen LogP) is 0.542. The summed E-state index contributed by atoms with van der Waals surface area (Å²) in [5.41, 5.74) is -5.33. The minimum absolute atomic E-state index is 0.0655. The van der Waals surface area contributed by atoms with Gasteiger partial charge in [0.1, 0.15) is 0 Å². The zero-order chi connectivity index (χ0) is 14.1. The number of hydrogen-bond donors (Lipinski definition) is 0. The van der Waals surface area contributed by atoms with Crippen molar-refractivity contribution in [2.75, 3.05) is 0 Å². The number of ketones is 2. The van der Waals surface area contributed by atoms with E-state index in [0.29, 0.717) is 0 Å². The standard InChI is InChI=1S/C12H6N4O2/c1-7-8(2)10(18)12(5-15,6-16)11(3-13,4-14)9(7)17/h1-2H3. The van der Waals surface area contributed by atoms with Crippen LogP contribution in [0, 0.1) is 56.2 Å². The van der Waals surface area contributed by atoms with Gasteiger partial charge in [-0.2, -0.15) is 21.0 Å². The molecule has 0 aromatic heterocycles. The summed E-state index contributed by atoms with van der Waals surface area (Å²) < 4.78 is 0. The van der Waals surface area contributed by atoms with Crippen LogP contribution in [0.15, 0.2) is 11.1 Å². The van der Waals surface area contributed by atoms with E-state index in [1.54, 1.807) is 0 Å². The van der Waals surface area contributed by atoms with Gasteiger partial charge in [0.2, 0.25) is 10.8 Å². The topological polar surface area (TPSA) is 129 Å². The lowest BCUT2D eigenvalue weighted by Crippen LogP contribution is -2.53. The summed E-state index contributed by atoms with van der Waals surface area (Å²) >= 11 is 0. The van der Waals surface area contributed by atoms with Crippen LogP contribution in [0.4, 0.5) is 0 Å². The molecule has 1 aliphatic carbocycles. The first-order valence-electron chi connectivity index (χ1n) is 4.80. The summed E-state index contributed by atoms with van der Waals surface area (Å²) in [6.45, 7) is 2.58. The number of nitriles is 4. The maximum Gasteiger partial charge on any atom is 0.244 e. The molecule has 86 valence electrons. The molecule has 6 nitrogen and oxygen atoms in total. The molecule has 0 aromatic rings. The normalized spacial score (nSPS) is 20.3. The molecule has 0 aliphatic heterocycles. The number of carbonyl (C=O) groups is 2. The number of Topliss-reactive ketones (excluding diaryl/α,β-unsaturated/α-hetero) is 2. The average molecular weight is 238 g/mol. The zero-order valence-corrected chi connectivity index (χ0v) is 9.61. The Balaban J connectivity index is 3.95. The molecule has 0 aromatic carbocycles. The van der Waals surface area contributed by atoms with Crippen molar-refractivity contribution in [2.24, 2.45) is 10.8 Å². The molecule has 0 heterocycles. The van der Waals surface area contributed by atoms with E-state index in [1.807, 2.05) is 0 Å². The van der Waals surface area contributed by atoms with E-state index in [9.17, 15) is 9.59 Å². The number of rotatable bonds is 0. The van der Waals surface area contributed by atoms with Crippen LogP contribution < -0.4 is 0 Å². The Hall–Kier alpha value is -2.96. The molecule has 0 saturated heterocycles. The van der Waals surface area contributed by atoms with Gasteiger partial charge in [-0.25, -0.2) is 0 Å². The first-order valence-corrected chi connectivity index (χ1v) is 4.80. The fourth-order valence-corrected chi connectivity index (χ4v) is 1.83. The highest BCUT2D eigenvalue weighted by Gasteiger charge is 2.67. The highest BCUT2D eigenvalue weighted by molar-refractivity contribution is 6.21. The van der Waals surface area contributed by atoms with Crippen LogP contribution in [0.2, 0.25) is 0 Å². The minimum atomic E-state index is -2.60. The highest BCUT2D eigenvalue weighted by Crippen LogP contribution is 2.47. The van der Waals surface area contributed by atoms with Crippen LogP contribution in [0.3, 0.4) is 0 Å². The van der Waals surface area contributed by atoms with Gasteiger partial charge in [0.05, 0.1) is 24.3 Å². The first kappa shape index (κ1) is 13.1. The van der Waals surface area contributed by atoms with E-state index < -0.39 is 22.4 Å². The summed E-state index contributed by atoms with van der Waals surface area (Å²) in [4.78, 5) is 24.1. The maximum absolute atomic E-state index is 12.0. The quantitative estimate of drug-likeness (QED) is 0.605. The number of allylic oxidation sites excluding steroid dienone is 2. The lowest BCUT2D eigenvalue weighted by molar-refractivity contribution is -0.132. The van der Waals surface area contributed by atoms with Crippen molar-refractivity contribution in [3.63, 3.8) is 0 Å². The van der Waals surface area contributed by atoms with Crippen molar-refractivity contribution in [3.05, 3.63) is 11.1 Å². The third-order valence-electron chi connectivity index (χ3n) is 3.16. The van der Waals surface area contributed by atoms with Gasteiger partial charge >= 0.3 is 0 Å². The van der Waals surface area contributed by atoms with E-state index in [0.717, 1.165) is 0 Å². The van der Waals surface area contributed by atoms with Gasteiger partial charge in [-0.1, -0.05) is 0 Å². The van der Waals surface area contributed by atoms with Crippen molar-refractivity contribution in [3.8, 4) is 24.3 Å². The van der Waals surface area contributed by atoms with Gasteiger partial charge in [0.25, 0.3) is 0 Å². The fraction of sp³-hybridized carbons (Fsp3) is 0.333. The molecule has 0 saturated carbocycles. The van der Waals surface area contributed by atoms with Gasteiger partial charge < -0.3 is 0 Å². The first-order chi connectivity index (χ1) is 8.38. The zero-order valence-electron chi connectivity index (χ0n) is 9.61. The van der Waals surface area contributed by atoms with Crippen molar-refractivity contribution < 1.29 is 9.59 Å². The van der Waals surface area contributed by atoms with Crippen LogP contribution >= 0.6 is 0 Å².